The summed E-state index contributed by atoms with van der Waals surface area (Å²) in [5.74, 6) is 0.537. The molecule has 0 aliphatic carbocycles. The van der Waals surface area contributed by atoms with E-state index in [2.05, 4.69) is 15.4 Å². The van der Waals surface area contributed by atoms with E-state index in [0.29, 0.717) is 24.5 Å². The van der Waals surface area contributed by atoms with Crippen LogP contribution in [0.15, 0.2) is 33.6 Å². The molecule has 0 N–H and O–H groups in total. The van der Waals surface area contributed by atoms with Crippen molar-refractivity contribution in [3.63, 3.8) is 0 Å². The van der Waals surface area contributed by atoms with Crippen LogP contribution in [0.1, 0.15) is 12.5 Å². The summed E-state index contributed by atoms with van der Waals surface area (Å²) in [6.07, 6.45) is 0. The predicted molar refractivity (Wildman–Crippen MR) is 78.4 cm³/mol. The lowest BCUT2D eigenvalue weighted by Crippen LogP contribution is -2.51. The summed E-state index contributed by atoms with van der Waals surface area (Å²) in [6, 6.07) is 9.03. The first-order chi connectivity index (χ1) is 10.0. The Morgan fingerprint density at radius 3 is 2.57 bits per heavy atom. The molecule has 2 aliphatic rings. The molecule has 1 atom stereocenters. The number of hydrogen-bond acceptors (Lipinski definition) is 5. The lowest BCUT2D eigenvalue weighted by atomic mass is 10.1. The minimum Gasteiger partial charge on any atom is -0.353 e. The van der Waals surface area contributed by atoms with Crippen LogP contribution in [0, 0.1) is 11.3 Å². The molecule has 0 amide bonds. The minimum atomic E-state index is -3.56. The molecule has 2 heterocycles. The summed E-state index contributed by atoms with van der Waals surface area (Å²) in [6.45, 7) is 4.69. The molecule has 1 saturated heterocycles. The van der Waals surface area contributed by atoms with Gasteiger partial charge in [0.2, 0.25) is 0 Å². The molecule has 1 aromatic carbocycles. The van der Waals surface area contributed by atoms with E-state index in [9.17, 15) is 8.42 Å². The molecular weight excluding hydrogens is 288 g/mol. The molecule has 7 heteroatoms. The summed E-state index contributed by atoms with van der Waals surface area (Å²) in [5, 5.41) is 8.95. The van der Waals surface area contributed by atoms with Gasteiger partial charge < -0.3 is 4.90 Å². The monoisotopic (exact) mass is 304 g/mol. The number of fused-ring (bicyclic) bond motifs is 1. The van der Waals surface area contributed by atoms with E-state index in [4.69, 9.17) is 5.26 Å². The molecule has 0 radical (unpaired) electrons. The van der Waals surface area contributed by atoms with Crippen molar-refractivity contribution >= 4 is 15.9 Å². The van der Waals surface area contributed by atoms with Crippen molar-refractivity contribution in [2.45, 2.75) is 17.9 Å². The fraction of sp³-hybridized carbons (Fsp3) is 0.429. The lowest BCUT2D eigenvalue weighted by Gasteiger charge is -2.36. The summed E-state index contributed by atoms with van der Waals surface area (Å²) < 4.78 is 28.0. The van der Waals surface area contributed by atoms with Crippen LogP contribution in [-0.4, -0.2) is 56.3 Å². The van der Waals surface area contributed by atoms with Crippen LogP contribution >= 0.6 is 0 Å². The number of piperazine rings is 1. The third-order valence-electron chi connectivity index (χ3n) is 3.96. The summed E-state index contributed by atoms with van der Waals surface area (Å²) >= 11 is 0. The van der Waals surface area contributed by atoms with Crippen molar-refractivity contribution < 1.29 is 8.42 Å². The third-order valence-corrected chi connectivity index (χ3v) is 5.29. The number of nitriles is 1. The molecule has 3 rings (SSSR count). The van der Waals surface area contributed by atoms with E-state index in [1.54, 1.807) is 18.2 Å². The highest BCUT2D eigenvalue weighted by molar-refractivity contribution is 7.90. The van der Waals surface area contributed by atoms with E-state index in [1.807, 2.05) is 17.9 Å². The van der Waals surface area contributed by atoms with Crippen molar-refractivity contribution in [3.05, 3.63) is 29.8 Å². The summed E-state index contributed by atoms with van der Waals surface area (Å²) in [5.41, 5.74) is 0.680. The van der Waals surface area contributed by atoms with Crippen molar-refractivity contribution in [3.8, 4) is 6.07 Å². The molecule has 2 aliphatic heterocycles. The van der Waals surface area contributed by atoms with Crippen LogP contribution in [-0.2, 0) is 10.0 Å². The topological polar surface area (TPSA) is 76.8 Å². The molecule has 0 bridgehead atoms. The van der Waals surface area contributed by atoms with Crippen molar-refractivity contribution in [2.75, 3.05) is 26.2 Å². The van der Waals surface area contributed by atoms with Gasteiger partial charge in [0.05, 0.1) is 12.1 Å². The van der Waals surface area contributed by atoms with Gasteiger partial charge in [-0.2, -0.15) is 13.7 Å². The minimum absolute atomic E-state index is 0.117. The lowest BCUT2D eigenvalue weighted by molar-refractivity contribution is 0.164. The summed E-state index contributed by atoms with van der Waals surface area (Å²) in [7, 11) is -3.56. The number of amidine groups is 1. The normalized spacial score (nSPS) is 22.3. The maximum atomic E-state index is 12.1. The second-order valence-corrected chi connectivity index (χ2v) is 6.79. The molecule has 21 heavy (non-hydrogen) atoms. The van der Waals surface area contributed by atoms with Crippen LogP contribution in [0.25, 0.3) is 0 Å². The first-order valence-electron chi connectivity index (χ1n) is 6.86. The Hall–Kier alpha value is -1.91. The second kappa shape index (κ2) is 5.13. The Bertz CT molecular complexity index is 728. The Kier molecular flexibility index (Phi) is 3.43. The van der Waals surface area contributed by atoms with E-state index in [1.165, 1.54) is 0 Å². The van der Waals surface area contributed by atoms with Crippen molar-refractivity contribution in [2.24, 2.45) is 4.40 Å². The zero-order valence-electron chi connectivity index (χ0n) is 11.7. The standard InChI is InChI=1S/C14H16N4O2S/c1-11(10-15)17-6-8-18(9-7-17)14-12-4-2-3-5-13(12)21(19,20)16-14/h2-5,11H,6-9H2,1H3. The Labute approximate surface area is 124 Å². The quantitative estimate of drug-likeness (QED) is 0.762. The molecule has 1 unspecified atom stereocenters. The van der Waals surface area contributed by atoms with Gasteiger partial charge in [-0.15, -0.1) is 4.40 Å². The largest absolute Gasteiger partial charge is 0.353 e. The number of hydrogen-bond donors (Lipinski definition) is 0. The SMILES string of the molecule is CC(C#N)N1CCN(C2=NS(=O)(=O)c3ccccc32)CC1. The predicted octanol–water partition coefficient (Wildman–Crippen LogP) is 0.665. The number of sulfonamides is 1. The van der Waals surface area contributed by atoms with Gasteiger partial charge >= 0.3 is 0 Å². The maximum absolute atomic E-state index is 12.1. The summed E-state index contributed by atoms with van der Waals surface area (Å²) in [4.78, 5) is 4.36. The van der Waals surface area contributed by atoms with Crippen LogP contribution in [0.4, 0.5) is 0 Å². The molecule has 1 aromatic rings. The highest BCUT2D eigenvalue weighted by Crippen LogP contribution is 2.27. The molecule has 6 nitrogen and oxygen atoms in total. The average molecular weight is 304 g/mol. The molecule has 1 fully saturated rings. The van der Waals surface area contributed by atoms with Gasteiger partial charge in [-0.3, -0.25) is 4.90 Å². The van der Waals surface area contributed by atoms with E-state index in [0.717, 1.165) is 13.1 Å². The van der Waals surface area contributed by atoms with Gasteiger partial charge in [0.25, 0.3) is 10.0 Å². The Balaban J connectivity index is 1.83. The molecule has 0 spiro atoms. The van der Waals surface area contributed by atoms with Gasteiger partial charge in [0, 0.05) is 31.7 Å². The molecule has 0 saturated carbocycles. The van der Waals surface area contributed by atoms with Gasteiger partial charge in [-0.25, -0.2) is 0 Å². The maximum Gasteiger partial charge on any atom is 0.285 e. The van der Waals surface area contributed by atoms with E-state index < -0.39 is 10.0 Å². The van der Waals surface area contributed by atoms with Crippen LogP contribution in [0.3, 0.4) is 0 Å². The Morgan fingerprint density at radius 2 is 1.90 bits per heavy atom. The van der Waals surface area contributed by atoms with Crippen LogP contribution in [0.2, 0.25) is 0 Å². The molecule has 0 aromatic heterocycles. The number of rotatable bonds is 1. The average Bonchev–Trinajstić information content (AvgIpc) is 2.79. The van der Waals surface area contributed by atoms with Crippen LogP contribution in [0.5, 0.6) is 0 Å². The van der Waals surface area contributed by atoms with E-state index in [-0.39, 0.29) is 10.9 Å². The first-order valence-corrected chi connectivity index (χ1v) is 8.30. The highest BCUT2D eigenvalue weighted by atomic mass is 32.2. The first kappa shape index (κ1) is 14.0. The van der Waals surface area contributed by atoms with Gasteiger partial charge in [-0.1, -0.05) is 12.1 Å². The molecule has 110 valence electrons. The fourth-order valence-electron chi connectivity index (χ4n) is 2.72. The third kappa shape index (κ3) is 2.41. The van der Waals surface area contributed by atoms with Gasteiger partial charge in [0.1, 0.15) is 4.90 Å². The smallest absolute Gasteiger partial charge is 0.285 e. The second-order valence-electron chi connectivity index (χ2n) is 5.21. The van der Waals surface area contributed by atoms with Crippen LogP contribution < -0.4 is 0 Å². The highest BCUT2D eigenvalue weighted by Gasteiger charge is 2.33. The number of nitrogens with zero attached hydrogens (tertiary/aromatic N) is 4. The zero-order chi connectivity index (χ0) is 15.0. The Morgan fingerprint density at radius 1 is 1.24 bits per heavy atom. The van der Waals surface area contributed by atoms with Crippen molar-refractivity contribution in [1.29, 1.82) is 5.26 Å². The fourth-order valence-corrected chi connectivity index (χ4v) is 3.95. The van der Waals surface area contributed by atoms with E-state index >= 15 is 0 Å². The molecular formula is C14H16N4O2S. The van der Waals surface area contributed by atoms with Gasteiger partial charge in [-0.05, 0) is 19.1 Å². The zero-order valence-corrected chi connectivity index (χ0v) is 12.5. The van der Waals surface area contributed by atoms with Crippen molar-refractivity contribution in [1.82, 2.24) is 9.80 Å². The van der Waals surface area contributed by atoms with Gasteiger partial charge in [0.15, 0.2) is 5.84 Å². The number of benzene rings is 1.